The van der Waals surface area contributed by atoms with Crippen molar-refractivity contribution in [3.8, 4) is 0 Å². The largest absolute Gasteiger partial charge is 0.325 e. The van der Waals surface area contributed by atoms with Crippen molar-refractivity contribution in [2.24, 2.45) is 5.73 Å². The van der Waals surface area contributed by atoms with Gasteiger partial charge in [0, 0.05) is 11.9 Å². The van der Waals surface area contributed by atoms with Crippen LogP contribution in [0.25, 0.3) is 0 Å². The number of aromatic nitrogens is 1. The van der Waals surface area contributed by atoms with Gasteiger partial charge in [0.05, 0.1) is 5.69 Å². The predicted molar refractivity (Wildman–Crippen MR) is 35.0 cm³/mol. The van der Waals surface area contributed by atoms with Crippen LogP contribution in [0.5, 0.6) is 0 Å². The molecular formula is C4H5ClN2S. The average Bonchev–Trinajstić information content (AvgIpc) is 2.14. The van der Waals surface area contributed by atoms with E-state index in [0.717, 1.165) is 5.69 Å². The highest BCUT2D eigenvalue weighted by Gasteiger charge is 1.93. The maximum Gasteiger partial charge on any atom is 0.183 e. The molecule has 2 N–H and O–H groups in total. The summed E-state index contributed by atoms with van der Waals surface area (Å²) >= 11 is 6.89. The molecule has 0 aliphatic rings. The minimum Gasteiger partial charge on any atom is -0.325 e. The summed E-state index contributed by atoms with van der Waals surface area (Å²) in [7, 11) is 0. The molecule has 0 bridgehead atoms. The van der Waals surface area contributed by atoms with E-state index in [2.05, 4.69) is 4.98 Å². The van der Waals surface area contributed by atoms with E-state index >= 15 is 0 Å². The molecule has 0 saturated carbocycles. The van der Waals surface area contributed by atoms with Gasteiger partial charge in [-0.3, -0.25) is 0 Å². The van der Waals surface area contributed by atoms with Crippen LogP contribution < -0.4 is 5.73 Å². The molecule has 0 aromatic carbocycles. The van der Waals surface area contributed by atoms with Crippen LogP contribution in [-0.4, -0.2) is 4.98 Å². The molecule has 0 spiro atoms. The maximum atomic E-state index is 5.49. The lowest BCUT2D eigenvalue weighted by Crippen LogP contribution is -1.94. The summed E-state index contributed by atoms with van der Waals surface area (Å²) in [5.41, 5.74) is 6.11. The minimum atomic E-state index is 0.475. The smallest absolute Gasteiger partial charge is 0.183 e. The van der Waals surface area contributed by atoms with E-state index in [-0.39, 0.29) is 0 Å². The summed E-state index contributed by atoms with van der Waals surface area (Å²) < 4.78 is 0.561. The van der Waals surface area contributed by atoms with Crippen LogP contribution in [0.2, 0.25) is 4.47 Å². The molecule has 1 aromatic rings. The zero-order valence-electron chi connectivity index (χ0n) is 4.10. The van der Waals surface area contributed by atoms with E-state index in [9.17, 15) is 0 Å². The van der Waals surface area contributed by atoms with Gasteiger partial charge in [0.1, 0.15) is 0 Å². The number of nitrogens with zero attached hydrogens (tertiary/aromatic N) is 1. The van der Waals surface area contributed by atoms with Crippen molar-refractivity contribution in [1.82, 2.24) is 4.98 Å². The molecule has 0 aliphatic carbocycles. The van der Waals surface area contributed by atoms with Gasteiger partial charge >= 0.3 is 0 Å². The van der Waals surface area contributed by atoms with Crippen molar-refractivity contribution in [1.29, 1.82) is 0 Å². The summed E-state index contributed by atoms with van der Waals surface area (Å²) in [4.78, 5) is 3.89. The number of rotatable bonds is 1. The predicted octanol–water partition coefficient (Wildman–Crippen LogP) is 1.26. The van der Waals surface area contributed by atoms with E-state index in [1.807, 2.05) is 5.38 Å². The average molecular weight is 149 g/mol. The van der Waals surface area contributed by atoms with Crippen LogP contribution in [0.3, 0.4) is 0 Å². The Balaban J connectivity index is 2.84. The highest BCUT2D eigenvalue weighted by Crippen LogP contribution is 2.13. The van der Waals surface area contributed by atoms with Gasteiger partial charge in [0.25, 0.3) is 0 Å². The fourth-order valence-corrected chi connectivity index (χ4v) is 1.17. The van der Waals surface area contributed by atoms with Gasteiger partial charge in [-0.2, -0.15) is 0 Å². The summed E-state index contributed by atoms with van der Waals surface area (Å²) in [5, 5.41) is 1.85. The maximum absolute atomic E-state index is 5.49. The van der Waals surface area contributed by atoms with E-state index in [1.165, 1.54) is 11.3 Å². The Kier molecular flexibility index (Phi) is 1.83. The molecule has 0 saturated heterocycles. The molecule has 1 rings (SSSR count). The molecule has 4 heteroatoms. The highest BCUT2D eigenvalue weighted by atomic mass is 35.5. The third kappa shape index (κ3) is 1.18. The van der Waals surface area contributed by atoms with Crippen LogP contribution in [0.4, 0.5) is 0 Å². The summed E-state index contributed by atoms with van der Waals surface area (Å²) in [5.74, 6) is 0. The van der Waals surface area contributed by atoms with Gasteiger partial charge < -0.3 is 5.73 Å². The lowest BCUT2D eigenvalue weighted by molar-refractivity contribution is 1.01. The summed E-state index contributed by atoms with van der Waals surface area (Å²) in [6.45, 7) is 0.475. The van der Waals surface area contributed by atoms with E-state index in [1.54, 1.807) is 0 Å². The first-order valence-corrected chi connectivity index (χ1v) is 3.38. The Morgan fingerprint density at radius 3 is 2.88 bits per heavy atom. The molecule has 44 valence electrons. The van der Waals surface area contributed by atoms with Crippen molar-refractivity contribution in [2.45, 2.75) is 6.54 Å². The topological polar surface area (TPSA) is 38.9 Å². The molecular weight excluding hydrogens is 144 g/mol. The van der Waals surface area contributed by atoms with Gasteiger partial charge in [-0.05, 0) is 0 Å². The molecule has 0 amide bonds. The van der Waals surface area contributed by atoms with E-state index < -0.39 is 0 Å². The molecule has 8 heavy (non-hydrogen) atoms. The second kappa shape index (κ2) is 2.44. The number of halogens is 1. The van der Waals surface area contributed by atoms with Crippen LogP contribution in [0.15, 0.2) is 5.38 Å². The minimum absolute atomic E-state index is 0.475. The van der Waals surface area contributed by atoms with Crippen molar-refractivity contribution in [2.75, 3.05) is 0 Å². The van der Waals surface area contributed by atoms with Crippen LogP contribution in [0.1, 0.15) is 5.69 Å². The Morgan fingerprint density at radius 1 is 1.88 bits per heavy atom. The molecule has 1 heterocycles. The summed E-state index contributed by atoms with van der Waals surface area (Å²) in [6, 6.07) is 0. The molecule has 0 radical (unpaired) electrons. The first-order chi connectivity index (χ1) is 3.83. The molecule has 0 atom stereocenters. The number of nitrogens with two attached hydrogens (primary N) is 1. The molecule has 0 unspecified atom stereocenters. The molecule has 0 fully saturated rings. The van der Waals surface area contributed by atoms with Gasteiger partial charge in [0.15, 0.2) is 4.47 Å². The highest BCUT2D eigenvalue weighted by molar-refractivity contribution is 7.13. The lowest BCUT2D eigenvalue weighted by Gasteiger charge is -1.79. The van der Waals surface area contributed by atoms with E-state index in [4.69, 9.17) is 17.3 Å². The van der Waals surface area contributed by atoms with Gasteiger partial charge in [-0.25, -0.2) is 4.98 Å². The quantitative estimate of drug-likeness (QED) is 0.651. The van der Waals surface area contributed by atoms with Gasteiger partial charge in [0.2, 0.25) is 0 Å². The van der Waals surface area contributed by atoms with Gasteiger partial charge in [-0.1, -0.05) is 11.6 Å². The third-order valence-electron chi connectivity index (χ3n) is 0.733. The number of hydrogen-bond acceptors (Lipinski definition) is 3. The zero-order valence-corrected chi connectivity index (χ0v) is 5.67. The number of thiazole rings is 1. The van der Waals surface area contributed by atoms with Crippen LogP contribution >= 0.6 is 22.9 Å². The molecule has 1 aromatic heterocycles. The lowest BCUT2D eigenvalue weighted by atomic mass is 10.5. The first kappa shape index (κ1) is 6.01. The van der Waals surface area contributed by atoms with Gasteiger partial charge in [-0.15, -0.1) is 11.3 Å². The Morgan fingerprint density at radius 2 is 2.62 bits per heavy atom. The molecule has 2 nitrogen and oxygen atoms in total. The Labute approximate surface area is 56.3 Å². The van der Waals surface area contributed by atoms with Crippen molar-refractivity contribution in [3.05, 3.63) is 15.5 Å². The standard InChI is InChI=1S/C4H5ClN2S/c5-4-7-3(1-6)2-8-4/h2H,1,6H2. The zero-order chi connectivity index (χ0) is 5.98. The Hall–Kier alpha value is -0.120. The normalized spacial score (nSPS) is 9.75. The van der Waals surface area contributed by atoms with Crippen molar-refractivity contribution < 1.29 is 0 Å². The third-order valence-corrected chi connectivity index (χ3v) is 1.76. The fraction of sp³-hybridized carbons (Fsp3) is 0.250. The number of hydrogen-bond donors (Lipinski definition) is 1. The second-order valence-electron chi connectivity index (χ2n) is 1.30. The van der Waals surface area contributed by atoms with E-state index in [0.29, 0.717) is 11.0 Å². The van der Waals surface area contributed by atoms with Crippen molar-refractivity contribution >= 4 is 22.9 Å². The van der Waals surface area contributed by atoms with Crippen LogP contribution in [0, 0.1) is 0 Å². The fourth-order valence-electron chi connectivity index (χ4n) is 0.376. The Bertz CT molecular complexity index is 174. The van der Waals surface area contributed by atoms with Crippen molar-refractivity contribution in [3.63, 3.8) is 0 Å². The molecule has 0 aliphatic heterocycles. The summed E-state index contributed by atoms with van der Waals surface area (Å²) in [6.07, 6.45) is 0. The van der Waals surface area contributed by atoms with Crippen LogP contribution in [-0.2, 0) is 6.54 Å². The first-order valence-electron chi connectivity index (χ1n) is 2.13. The SMILES string of the molecule is NCc1csc(Cl)n1. The monoisotopic (exact) mass is 148 g/mol. The second-order valence-corrected chi connectivity index (χ2v) is 2.74.